The van der Waals surface area contributed by atoms with Crippen LogP contribution in [0.4, 0.5) is 0 Å². The smallest absolute Gasteiger partial charge is 0.211 e. The van der Waals surface area contributed by atoms with Crippen LogP contribution in [0.1, 0.15) is 25.6 Å². The zero-order chi connectivity index (χ0) is 10.1. The van der Waals surface area contributed by atoms with Crippen molar-refractivity contribution in [2.24, 2.45) is 0 Å². The van der Waals surface area contributed by atoms with Crippen LogP contribution in [0.15, 0.2) is 12.4 Å². The molecule has 14 heavy (non-hydrogen) atoms. The van der Waals surface area contributed by atoms with E-state index >= 15 is 0 Å². The molecule has 2 aromatic heterocycles. The maximum absolute atomic E-state index is 4.40. The number of hydrogen-bond donors (Lipinski definition) is 0. The molecule has 0 bridgehead atoms. The summed E-state index contributed by atoms with van der Waals surface area (Å²) in [6.45, 7) is 4.16. The molecule has 0 amide bonds. The Kier molecular flexibility index (Phi) is 2.82. The number of hydrogen-bond acceptors (Lipinski definition) is 4. The van der Waals surface area contributed by atoms with Gasteiger partial charge in [0.05, 0.1) is 9.77 Å². The van der Waals surface area contributed by atoms with Crippen LogP contribution in [0.25, 0.3) is 5.13 Å². The van der Waals surface area contributed by atoms with E-state index in [4.69, 9.17) is 0 Å². The molecule has 0 aliphatic rings. The summed E-state index contributed by atoms with van der Waals surface area (Å²) < 4.78 is 7.12. The molecule has 74 valence electrons. The molecule has 0 spiro atoms. The lowest BCUT2D eigenvalue weighted by Crippen LogP contribution is -1.95. The molecule has 0 unspecified atom stereocenters. The van der Waals surface area contributed by atoms with Gasteiger partial charge in [-0.05, 0) is 22.6 Å². The first-order valence-electron chi connectivity index (χ1n) is 4.21. The van der Waals surface area contributed by atoms with Crippen LogP contribution in [-0.4, -0.2) is 19.1 Å². The highest BCUT2D eigenvalue weighted by molar-refractivity contribution is 14.1. The summed E-state index contributed by atoms with van der Waals surface area (Å²) in [5.74, 6) is 1.25. The fourth-order valence-corrected chi connectivity index (χ4v) is 2.09. The Morgan fingerprint density at radius 2 is 2.29 bits per heavy atom. The minimum Gasteiger partial charge on any atom is -0.211 e. The van der Waals surface area contributed by atoms with E-state index in [0.29, 0.717) is 5.92 Å². The lowest BCUT2D eigenvalue weighted by molar-refractivity contribution is 0.781. The molecule has 2 heterocycles. The highest BCUT2D eigenvalue weighted by Gasteiger charge is 2.09. The van der Waals surface area contributed by atoms with Crippen molar-refractivity contribution in [1.82, 2.24) is 19.1 Å². The lowest BCUT2D eigenvalue weighted by atomic mass is 10.2. The van der Waals surface area contributed by atoms with Crippen molar-refractivity contribution in [3.63, 3.8) is 0 Å². The minimum atomic E-state index is 0.370. The predicted molar refractivity (Wildman–Crippen MR) is 63.8 cm³/mol. The third-order valence-corrected chi connectivity index (χ3v) is 2.97. The molecule has 6 heteroatoms. The van der Waals surface area contributed by atoms with Crippen LogP contribution in [0.5, 0.6) is 0 Å². The average molecular weight is 320 g/mol. The van der Waals surface area contributed by atoms with Crippen LogP contribution in [0.2, 0.25) is 0 Å². The van der Waals surface area contributed by atoms with Gasteiger partial charge in [-0.2, -0.15) is 9.47 Å². The molecule has 0 aromatic carbocycles. The molecular formula is C8H9IN4S. The second-order valence-corrected chi connectivity index (χ2v) is 5.17. The van der Waals surface area contributed by atoms with E-state index in [2.05, 4.69) is 50.9 Å². The monoisotopic (exact) mass is 320 g/mol. The van der Waals surface area contributed by atoms with E-state index in [-0.39, 0.29) is 0 Å². The predicted octanol–water partition coefficient (Wildman–Crippen LogP) is 2.45. The molecule has 0 aliphatic carbocycles. The van der Waals surface area contributed by atoms with Gasteiger partial charge in [-0.15, -0.1) is 0 Å². The van der Waals surface area contributed by atoms with Gasteiger partial charge in [0.15, 0.2) is 0 Å². The summed E-state index contributed by atoms with van der Waals surface area (Å²) in [7, 11) is 0. The zero-order valence-electron chi connectivity index (χ0n) is 7.81. The van der Waals surface area contributed by atoms with E-state index in [1.165, 1.54) is 11.5 Å². The normalized spacial score (nSPS) is 11.1. The standard InChI is InChI=1S/C8H9IN4S/c1-5(2)7-11-8(14-12-7)13-4-6(9)3-10-13/h3-5H,1-2H3. The Bertz CT molecular complexity index is 434. The number of aromatic nitrogens is 4. The Labute approximate surface area is 99.7 Å². The first kappa shape index (κ1) is 10.0. The molecule has 0 aliphatic heterocycles. The number of nitrogens with zero attached hydrogens (tertiary/aromatic N) is 4. The van der Waals surface area contributed by atoms with Gasteiger partial charge in [0.2, 0.25) is 5.13 Å². The van der Waals surface area contributed by atoms with E-state index < -0.39 is 0 Å². The van der Waals surface area contributed by atoms with Crippen LogP contribution in [-0.2, 0) is 0 Å². The molecule has 2 aromatic rings. The first-order valence-corrected chi connectivity index (χ1v) is 6.06. The largest absolute Gasteiger partial charge is 0.230 e. The van der Waals surface area contributed by atoms with Crippen molar-refractivity contribution in [2.75, 3.05) is 0 Å². The van der Waals surface area contributed by atoms with Crippen molar-refractivity contribution in [2.45, 2.75) is 19.8 Å². The first-order chi connectivity index (χ1) is 6.66. The molecule has 0 saturated carbocycles. The van der Waals surface area contributed by atoms with Gasteiger partial charge in [0, 0.05) is 23.6 Å². The van der Waals surface area contributed by atoms with E-state index in [0.717, 1.165) is 14.5 Å². The summed E-state index contributed by atoms with van der Waals surface area (Å²) in [6, 6.07) is 0. The molecule has 0 radical (unpaired) electrons. The molecular weight excluding hydrogens is 311 g/mol. The number of rotatable bonds is 2. The Balaban J connectivity index is 2.33. The molecule has 0 atom stereocenters. The molecule has 0 N–H and O–H groups in total. The maximum atomic E-state index is 4.40. The highest BCUT2D eigenvalue weighted by Crippen LogP contribution is 2.16. The van der Waals surface area contributed by atoms with E-state index in [1.807, 2.05) is 6.20 Å². The Hall–Kier alpha value is -0.500. The van der Waals surface area contributed by atoms with Gasteiger partial charge in [-0.25, -0.2) is 9.67 Å². The van der Waals surface area contributed by atoms with Crippen molar-refractivity contribution in [3.8, 4) is 5.13 Å². The summed E-state index contributed by atoms with van der Waals surface area (Å²) in [4.78, 5) is 4.40. The van der Waals surface area contributed by atoms with Crippen LogP contribution < -0.4 is 0 Å². The Morgan fingerprint density at radius 1 is 1.50 bits per heavy atom. The maximum Gasteiger partial charge on any atom is 0.230 e. The van der Waals surface area contributed by atoms with Gasteiger partial charge >= 0.3 is 0 Å². The quantitative estimate of drug-likeness (QED) is 0.799. The van der Waals surface area contributed by atoms with Crippen LogP contribution in [0.3, 0.4) is 0 Å². The van der Waals surface area contributed by atoms with Crippen molar-refractivity contribution in [1.29, 1.82) is 0 Å². The topological polar surface area (TPSA) is 43.6 Å². The molecule has 0 fully saturated rings. The molecule has 2 rings (SSSR count). The van der Waals surface area contributed by atoms with Gasteiger partial charge in [0.1, 0.15) is 5.82 Å². The van der Waals surface area contributed by atoms with Gasteiger partial charge in [-0.3, -0.25) is 0 Å². The van der Waals surface area contributed by atoms with Gasteiger partial charge in [-0.1, -0.05) is 13.8 Å². The minimum absolute atomic E-state index is 0.370. The third-order valence-electron chi connectivity index (χ3n) is 1.69. The summed E-state index contributed by atoms with van der Waals surface area (Å²) in [5.41, 5.74) is 0. The van der Waals surface area contributed by atoms with Crippen molar-refractivity contribution in [3.05, 3.63) is 21.8 Å². The summed E-state index contributed by atoms with van der Waals surface area (Å²) in [6.07, 6.45) is 3.74. The van der Waals surface area contributed by atoms with E-state index in [9.17, 15) is 0 Å². The van der Waals surface area contributed by atoms with Gasteiger partial charge < -0.3 is 0 Å². The number of halogens is 1. The molecule has 4 nitrogen and oxygen atoms in total. The van der Waals surface area contributed by atoms with Crippen LogP contribution >= 0.6 is 34.1 Å². The third kappa shape index (κ3) is 1.95. The SMILES string of the molecule is CC(C)c1nsc(-n2cc(I)cn2)n1. The highest BCUT2D eigenvalue weighted by atomic mass is 127. The average Bonchev–Trinajstić information content (AvgIpc) is 2.70. The second kappa shape index (κ2) is 3.93. The summed E-state index contributed by atoms with van der Waals surface area (Å²) >= 11 is 3.60. The van der Waals surface area contributed by atoms with E-state index in [1.54, 1.807) is 10.9 Å². The van der Waals surface area contributed by atoms with Crippen LogP contribution in [0, 0.1) is 3.57 Å². The molecule has 0 saturated heterocycles. The second-order valence-electron chi connectivity index (χ2n) is 3.19. The van der Waals surface area contributed by atoms with Gasteiger partial charge in [0.25, 0.3) is 0 Å². The lowest BCUT2D eigenvalue weighted by Gasteiger charge is -1.94. The Morgan fingerprint density at radius 3 is 2.79 bits per heavy atom. The zero-order valence-corrected chi connectivity index (χ0v) is 10.8. The fraction of sp³-hybridized carbons (Fsp3) is 0.375. The van der Waals surface area contributed by atoms with Crippen molar-refractivity contribution < 1.29 is 0 Å². The summed E-state index contributed by atoms with van der Waals surface area (Å²) in [5, 5.41) is 5.01. The fourth-order valence-electron chi connectivity index (χ4n) is 0.959. The van der Waals surface area contributed by atoms with Crippen molar-refractivity contribution >= 4 is 34.1 Å².